The van der Waals surface area contributed by atoms with E-state index in [2.05, 4.69) is 30.3 Å². The average Bonchev–Trinajstić information content (AvgIpc) is 2.84. The molecule has 0 radical (unpaired) electrons. The van der Waals surface area contributed by atoms with Crippen molar-refractivity contribution in [2.24, 2.45) is 0 Å². The topological polar surface area (TPSA) is 20.2 Å². The van der Waals surface area contributed by atoms with Crippen LogP contribution < -0.4 is 0 Å². The molecule has 0 saturated heterocycles. The van der Waals surface area contributed by atoms with Gasteiger partial charge < -0.3 is 5.11 Å². The predicted octanol–water partition coefficient (Wildman–Crippen LogP) is 4.87. The van der Waals surface area contributed by atoms with Crippen LogP contribution in [0.2, 0.25) is 0 Å². The Morgan fingerprint density at radius 2 is 1.17 bits per heavy atom. The van der Waals surface area contributed by atoms with Crippen molar-refractivity contribution in [3.63, 3.8) is 0 Å². The van der Waals surface area contributed by atoms with Crippen molar-refractivity contribution in [2.45, 2.75) is 12.5 Å². The van der Waals surface area contributed by atoms with Gasteiger partial charge in [-0.3, -0.25) is 0 Å². The maximum Gasteiger partial charge on any atom is 0.114 e. The summed E-state index contributed by atoms with van der Waals surface area (Å²) in [5.41, 5.74) is 5.38. The van der Waals surface area contributed by atoms with Crippen molar-refractivity contribution in [1.82, 2.24) is 0 Å². The first-order chi connectivity index (χ1) is 11.2. The second-order valence-electron chi connectivity index (χ2n) is 6.10. The zero-order valence-electron chi connectivity index (χ0n) is 13.0. The number of rotatable bonds is 2. The van der Waals surface area contributed by atoms with E-state index in [9.17, 15) is 5.11 Å². The zero-order valence-corrected chi connectivity index (χ0v) is 13.0. The van der Waals surface area contributed by atoms with Gasteiger partial charge in [0, 0.05) is 5.57 Å². The number of hydrogen-bond donors (Lipinski definition) is 1. The predicted molar refractivity (Wildman–Crippen MR) is 94.8 cm³/mol. The van der Waals surface area contributed by atoms with Gasteiger partial charge in [0.05, 0.1) is 0 Å². The molecule has 1 nitrogen and oxygen atoms in total. The van der Waals surface area contributed by atoms with Gasteiger partial charge in [0.25, 0.3) is 0 Å². The smallest absolute Gasteiger partial charge is 0.114 e. The lowest BCUT2D eigenvalue weighted by Gasteiger charge is -2.23. The number of hydrogen-bond acceptors (Lipinski definition) is 1. The Morgan fingerprint density at radius 3 is 1.83 bits per heavy atom. The maximum absolute atomic E-state index is 11.3. The molecule has 0 aliphatic heterocycles. The van der Waals surface area contributed by atoms with Crippen LogP contribution in [0.25, 0.3) is 11.1 Å². The van der Waals surface area contributed by atoms with Gasteiger partial charge in [-0.1, -0.05) is 84.9 Å². The molecule has 1 atom stereocenters. The summed E-state index contributed by atoms with van der Waals surface area (Å²) in [7, 11) is 0. The molecule has 1 heteroatoms. The van der Waals surface area contributed by atoms with Crippen LogP contribution in [0.15, 0.2) is 84.9 Å². The van der Waals surface area contributed by atoms with E-state index < -0.39 is 5.60 Å². The highest BCUT2D eigenvalue weighted by Crippen LogP contribution is 2.51. The van der Waals surface area contributed by atoms with E-state index in [4.69, 9.17) is 0 Å². The summed E-state index contributed by atoms with van der Waals surface area (Å²) < 4.78 is 0. The highest BCUT2D eigenvalue weighted by Gasteiger charge is 2.40. The first kappa shape index (κ1) is 14.0. The Kier molecular flexibility index (Phi) is 3.17. The minimum atomic E-state index is -0.997. The van der Waals surface area contributed by atoms with Gasteiger partial charge in [-0.15, -0.1) is 0 Å². The Balaban J connectivity index is 2.08. The first-order valence-corrected chi connectivity index (χ1v) is 7.87. The van der Waals surface area contributed by atoms with Crippen LogP contribution >= 0.6 is 0 Å². The monoisotopic (exact) mass is 298 g/mol. The molecule has 3 aromatic rings. The molecule has 1 aliphatic carbocycles. The summed E-state index contributed by atoms with van der Waals surface area (Å²) >= 11 is 0. The Bertz CT molecular complexity index is 874. The molecule has 0 fully saturated rings. The summed E-state index contributed by atoms with van der Waals surface area (Å²) in [5.74, 6) is 0. The molecule has 0 unspecified atom stereocenters. The summed E-state index contributed by atoms with van der Waals surface area (Å²) in [4.78, 5) is 0. The van der Waals surface area contributed by atoms with Crippen LogP contribution in [0.5, 0.6) is 0 Å². The number of fused-ring (bicyclic) bond motifs is 1. The molecule has 0 spiro atoms. The summed E-state index contributed by atoms with van der Waals surface area (Å²) in [5, 5.41) is 11.3. The van der Waals surface area contributed by atoms with E-state index >= 15 is 0 Å². The molecule has 3 aromatic carbocycles. The third kappa shape index (κ3) is 2.13. The second kappa shape index (κ2) is 5.22. The van der Waals surface area contributed by atoms with E-state index in [1.165, 1.54) is 0 Å². The minimum absolute atomic E-state index is 0.970. The summed E-state index contributed by atoms with van der Waals surface area (Å²) in [6.07, 6.45) is 0. The van der Waals surface area contributed by atoms with Crippen LogP contribution in [0, 0.1) is 0 Å². The van der Waals surface area contributed by atoms with E-state index in [-0.39, 0.29) is 0 Å². The minimum Gasteiger partial charge on any atom is -0.381 e. The van der Waals surface area contributed by atoms with Gasteiger partial charge in [0.15, 0.2) is 0 Å². The third-order valence-electron chi connectivity index (χ3n) is 4.58. The Labute approximate surface area is 136 Å². The van der Waals surface area contributed by atoms with Crippen LogP contribution in [0.4, 0.5) is 0 Å². The number of benzene rings is 3. The highest BCUT2D eigenvalue weighted by molar-refractivity contribution is 6.06. The van der Waals surface area contributed by atoms with Crippen molar-refractivity contribution >= 4 is 11.1 Å². The molecular weight excluding hydrogens is 280 g/mol. The summed E-state index contributed by atoms with van der Waals surface area (Å²) in [6.45, 7) is 1.89. The molecule has 0 heterocycles. The fourth-order valence-electron chi connectivity index (χ4n) is 3.57. The van der Waals surface area contributed by atoms with Crippen LogP contribution in [-0.2, 0) is 5.60 Å². The van der Waals surface area contributed by atoms with E-state index in [0.29, 0.717) is 0 Å². The highest BCUT2D eigenvalue weighted by atomic mass is 16.3. The van der Waals surface area contributed by atoms with Gasteiger partial charge in [-0.05, 0) is 34.8 Å². The van der Waals surface area contributed by atoms with E-state index in [0.717, 1.165) is 33.4 Å². The Morgan fingerprint density at radius 1 is 0.652 bits per heavy atom. The third-order valence-corrected chi connectivity index (χ3v) is 4.58. The Hall–Kier alpha value is -2.64. The maximum atomic E-state index is 11.3. The van der Waals surface area contributed by atoms with E-state index in [1.807, 2.05) is 61.5 Å². The van der Waals surface area contributed by atoms with Crippen LogP contribution in [0.1, 0.15) is 29.2 Å². The van der Waals surface area contributed by atoms with Crippen molar-refractivity contribution < 1.29 is 5.11 Å². The van der Waals surface area contributed by atoms with Gasteiger partial charge in [0.2, 0.25) is 0 Å². The molecule has 1 aliphatic rings. The molecule has 1 N–H and O–H groups in total. The lowest BCUT2D eigenvalue weighted by Crippen LogP contribution is -2.20. The van der Waals surface area contributed by atoms with Gasteiger partial charge in [0.1, 0.15) is 5.60 Å². The SMILES string of the molecule is C[C@]1(O)C(c2ccccc2)=C(c2ccccc2)c2ccccc21. The molecule has 0 aromatic heterocycles. The van der Waals surface area contributed by atoms with Crippen molar-refractivity contribution in [1.29, 1.82) is 0 Å². The van der Waals surface area contributed by atoms with Crippen molar-refractivity contribution in [2.75, 3.05) is 0 Å². The molecule has 0 bridgehead atoms. The largest absolute Gasteiger partial charge is 0.381 e. The standard InChI is InChI=1S/C22H18O/c1-22(23)19-15-9-8-14-18(19)20(16-10-4-2-5-11-16)21(22)17-12-6-3-7-13-17/h2-15,23H,1H3/t22-/m1/s1. The zero-order chi connectivity index (χ0) is 15.9. The van der Waals surface area contributed by atoms with Gasteiger partial charge in [-0.2, -0.15) is 0 Å². The van der Waals surface area contributed by atoms with Gasteiger partial charge >= 0.3 is 0 Å². The van der Waals surface area contributed by atoms with Crippen molar-refractivity contribution in [3.05, 3.63) is 107 Å². The molecule has 23 heavy (non-hydrogen) atoms. The lowest BCUT2D eigenvalue weighted by molar-refractivity contribution is 0.125. The molecular formula is C22H18O. The van der Waals surface area contributed by atoms with E-state index in [1.54, 1.807) is 0 Å². The van der Waals surface area contributed by atoms with Gasteiger partial charge in [-0.25, -0.2) is 0 Å². The van der Waals surface area contributed by atoms with Crippen LogP contribution in [0.3, 0.4) is 0 Å². The normalized spacial score (nSPS) is 19.7. The average molecular weight is 298 g/mol. The fraction of sp³-hybridized carbons (Fsp3) is 0.0909. The van der Waals surface area contributed by atoms with Crippen molar-refractivity contribution in [3.8, 4) is 0 Å². The lowest BCUT2D eigenvalue weighted by atomic mass is 9.87. The molecule has 4 rings (SSSR count). The fourth-order valence-corrected chi connectivity index (χ4v) is 3.57. The van der Waals surface area contributed by atoms with Crippen LogP contribution in [-0.4, -0.2) is 5.11 Å². The molecule has 112 valence electrons. The second-order valence-corrected chi connectivity index (χ2v) is 6.10. The number of aliphatic hydroxyl groups is 1. The molecule has 0 saturated carbocycles. The summed E-state index contributed by atoms with van der Waals surface area (Å²) in [6, 6.07) is 28.6. The molecule has 0 amide bonds. The quantitative estimate of drug-likeness (QED) is 0.716. The first-order valence-electron chi connectivity index (χ1n) is 7.87.